The van der Waals surface area contributed by atoms with E-state index in [0.29, 0.717) is 37.3 Å². The molecule has 1 aromatic carbocycles. The van der Waals surface area contributed by atoms with Gasteiger partial charge in [-0.1, -0.05) is 13.8 Å². The van der Waals surface area contributed by atoms with E-state index < -0.39 is 27.8 Å². The third-order valence-electron chi connectivity index (χ3n) is 6.03. The number of carbonyl (C=O) groups is 2. The molecule has 0 aliphatic carbocycles. The van der Waals surface area contributed by atoms with Crippen molar-refractivity contribution >= 4 is 33.1 Å². The molecule has 2 aromatic heterocycles. The molecular weight excluding hydrogens is 477 g/mol. The zero-order valence-corrected chi connectivity index (χ0v) is 20.3. The number of nitrogens with zero attached hydrogens (tertiary/aromatic N) is 4. The van der Waals surface area contributed by atoms with E-state index in [2.05, 4.69) is 4.98 Å². The summed E-state index contributed by atoms with van der Waals surface area (Å²) in [5.74, 6) is -1.41. The predicted octanol–water partition coefficient (Wildman–Crippen LogP) is 3.23. The molecule has 1 aliphatic heterocycles. The van der Waals surface area contributed by atoms with Crippen LogP contribution in [-0.4, -0.2) is 64.5 Å². The minimum atomic E-state index is -3.83. The molecule has 35 heavy (non-hydrogen) atoms. The Morgan fingerprint density at radius 2 is 1.80 bits per heavy atom. The lowest BCUT2D eigenvalue weighted by molar-refractivity contribution is 0.0977. The van der Waals surface area contributed by atoms with E-state index >= 15 is 0 Å². The van der Waals surface area contributed by atoms with Crippen molar-refractivity contribution in [3.63, 3.8) is 0 Å². The van der Waals surface area contributed by atoms with Crippen LogP contribution < -0.4 is 4.72 Å². The molecule has 2 amide bonds. The molecule has 186 valence electrons. The molecule has 0 saturated carbocycles. The maximum atomic E-state index is 13.6. The molecule has 12 heteroatoms. The average molecular weight is 504 g/mol. The molecule has 1 aliphatic rings. The van der Waals surface area contributed by atoms with Gasteiger partial charge in [0, 0.05) is 18.5 Å². The van der Waals surface area contributed by atoms with Crippen molar-refractivity contribution in [1.82, 2.24) is 24.4 Å². The molecule has 1 fully saturated rings. The first-order valence-electron chi connectivity index (χ1n) is 11.1. The number of fused-ring (bicyclic) bond motifs is 1. The Morgan fingerprint density at radius 3 is 2.34 bits per heavy atom. The zero-order valence-electron chi connectivity index (χ0n) is 19.5. The number of pyridine rings is 1. The van der Waals surface area contributed by atoms with Crippen molar-refractivity contribution in [2.75, 3.05) is 19.3 Å². The van der Waals surface area contributed by atoms with Gasteiger partial charge in [-0.3, -0.25) is 4.79 Å². The van der Waals surface area contributed by atoms with Crippen molar-refractivity contribution in [3.8, 4) is 5.69 Å². The Labute approximate surface area is 201 Å². The number of likely N-dealkylation sites (tertiary alicyclic amines) is 1. The fourth-order valence-corrected chi connectivity index (χ4v) is 4.82. The third-order valence-corrected chi connectivity index (χ3v) is 6.59. The molecule has 3 heterocycles. The van der Waals surface area contributed by atoms with Gasteiger partial charge in [0.1, 0.15) is 11.5 Å². The maximum Gasteiger partial charge on any atom is 0.407 e. The Bertz CT molecular complexity index is 1390. The van der Waals surface area contributed by atoms with Crippen LogP contribution in [0.5, 0.6) is 0 Å². The summed E-state index contributed by atoms with van der Waals surface area (Å²) in [5, 5.41) is 14.8. The van der Waals surface area contributed by atoms with Gasteiger partial charge < -0.3 is 10.0 Å². The van der Waals surface area contributed by atoms with Gasteiger partial charge in [-0.05, 0) is 60.6 Å². The maximum absolute atomic E-state index is 13.6. The van der Waals surface area contributed by atoms with Crippen LogP contribution in [-0.2, 0) is 10.0 Å². The van der Waals surface area contributed by atoms with E-state index in [1.54, 1.807) is 18.2 Å². The monoisotopic (exact) mass is 503 g/mol. The van der Waals surface area contributed by atoms with E-state index in [1.807, 2.05) is 18.6 Å². The first-order valence-corrected chi connectivity index (χ1v) is 13.0. The zero-order chi connectivity index (χ0) is 25.5. The smallest absolute Gasteiger partial charge is 0.407 e. The van der Waals surface area contributed by atoms with Gasteiger partial charge in [-0.2, -0.15) is 5.10 Å². The van der Waals surface area contributed by atoms with Gasteiger partial charge in [0.2, 0.25) is 10.0 Å². The van der Waals surface area contributed by atoms with E-state index in [4.69, 9.17) is 5.10 Å². The van der Waals surface area contributed by atoms with E-state index in [0.717, 1.165) is 22.9 Å². The molecular formula is C23H26FN5O5S. The molecule has 0 radical (unpaired) electrons. The summed E-state index contributed by atoms with van der Waals surface area (Å²) in [4.78, 5) is 30.0. The van der Waals surface area contributed by atoms with Crippen molar-refractivity contribution in [3.05, 3.63) is 53.1 Å². The number of amides is 2. The highest BCUT2D eigenvalue weighted by Gasteiger charge is 2.30. The van der Waals surface area contributed by atoms with E-state index in [1.165, 1.54) is 21.7 Å². The number of halogens is 1. The highest BCUT2D eigenvalue weighted by molar-refractivity contribution is 7.89. The second kappa shape index (κ2) is 9.25. The molecule has 0 atom stereocenters. The minimum absolute atomic E-state index is 0.0189. The second-order valence-electron chi connectivity index (χ2n) is 8.97. The number of nitrogens with one attached hydrogen (secondary N) is 1. The molecule has 3 aromatic rings. The van der Waals surface area contributed by atoms with Crippen molar-refractivity contribution in [2.45, 2.75) is 38.5 Å². The summed E-state index contributed by atoms with van der Waals surface area (Å²) in [6.45, 7) is 4.60. The highest BCUT2D eigenvalue weighted by atomic mass is 32.2. The van der Waals surface area contributed by atoms with Gasteiger partial charge in [0.15, 0.2) is 5.65 Å². The Balaban J connectivity index is 1.94. The van der Waals surface area contributed by atoms with Crippen LogP contribution in [0, 0.1) is 5.82 Å². The average Bonchev–Trinajstić information content (AvgIpc) is 3.18. The Hall–Kier alpha value is -3.54. The number of rotatable bonds is 5. The lowest BCUT2D eigenvalue weighted by Gasteiger charge is -2.30. The van der Waals surface area contributed by atoms with Gasteiger partial charge in [0.05, 0.1) is 17.6 Å². The summed E-state index contributed by atoms with van der Waals surface area (Å²) >= 11 is 0. The quantitative estimate of drug-likeness (QED) is 0.546. The van der Waals surface area contributed by atoms with Gasteiger partial charge in [-0.25, -0.2) is 32.0 Å². The first kappa shape index (κ1) is 24.6. The predicted molar refractivity (Wildman–Crippen MR) is 127 cm³/mol. The second-order valence-corrected chi connectivity index (χ2v) is 10.7. The molecule has 0 spiro atoms. The van der Waals surface area contributed by atoms with Crippen molar-refractivity contribution in [2.24, 2.45) is 0 Å². The molecule has 2 N–H and O–H groups in total. The number of hydrogen-bond acceptors (Lipinski definition) is 6. The number of hydrogen-bond donors (Lipinski definition) is 2. The summed E-state index contributed by atoms with van der Waals surface area (Å²) in [6.07, 6.45) is 0.949. The minimum Gasteiger partial charge on any atom is -0.465 e. The highest BCUT2D eigenvalue weighted by Crippen LogP contribution is 2.37. The van der Waals surface area contributed by atoms with Crippen LogP contribution in [0.1, 0.15) is 60.3 Å². The lowest BCUT2D eigenvalue weighted by Crippen LogP contribution is -2.37. The van der Waals surface area contributed by atoms with Crippen LogP contribution in [0.25, 0.3) is 16.7 Å². The van der Waals surface area contributed by atoms with Crippen LogP contribution in [0.3, 0.4) is 0 Å². The van der Waals surface area contributed by atoms with Crippen LogP contribution in [0.4, 0.5) is 9.18 Å². The summed E-state index contributed by atoms with van der Waals surface area (Å²) in [6, 6.07) is 7.25. The topological polar surface area (TPSA) is 134 Å². The van der Waals surface area contributed by atoms with Crippen molar-refractivity contribution in [1.29, 1.82) is 0 Å². The summed E-state index contributed by atoms with van der Waals surface area (Å²) in [7, 11) is -3.83. The SMILES string of the molecule is CC(C)c1nn(-c2ccc(F)cc2)c2nc(C(=O)NS(C)(=O)=O)cc(C3CCN(C(=O)O)CC3)c12. The molecule has 0 bridgehead atoms. The van der Waals surface area contributed by atoms with Gasteiger partial charge in [0.25, 0.3) is 5.91 Å². The number of aromatic nitrogens is 3. The van der Waals surface area contributed by atoms with Crippen LogP contribution in [0.2, 0.25) is 0 Å². The van der Waals surface area contributed by atoms with Crippen molar-refractivity contribution < 1.29 is 27.5 Å². The molecule has 1 saturated heterocycles. The lowest BCUT2D eigenvalue weighted by atomic mass is 9.86. The number of sulfonamides is 1. The number of benzene rings is 1. The Morgan fingerprint density at radius 1 is 1.17 bits per heavy atom. The number of carboxylic acid groups (broad SMARTS) is 1. The Kier molecular flexibility index (Phi) is 6.50. The van der Waals surface area contributed by atoms with E-state index in [-0.39, 0.29) is 17.5 Å². The fourth-order valence-electron chi connectivity index (χ4n) is 4.38. The normalized spacial score (nSPS) is 15.1. The molecule has 4 rings (SSSR count). The third kappa shape index (κ3) is 5.11. The number of carbonyl (C=O) groups excluding carboxylic acids is 1. The summed E-state index contributed by atoms with van der Waals surface area (Å²) < 4.78 is 40.5. The van der Waals surface area contributed by atoms with E-state index in [9.17, 15) is 27.5 Å². The molecule has 0 unspecified atom stereocenters. The van der Waals surface area contributed by atoms with Crippen LogP contribution in [0.15, 0.2) is 30.3 Å². The standard InChI is InChI=1S/C23H26FN5O5S/c1-13(2)20-19-17(14-8-10-28(11-9-14)23(31)32)12-18(22(30)27-35(3,33)34)25-21(19)29(26-20)16-6-4-15(24)5-7-16/h4-7,12-14H,8-11H2,1-3H3,(H,27,30)(H,31,32). The number of piperidine rings is 1. The van der Waals surface area contributed by atoms with Gasteiger partial charge in [-0.15, -0.1) is 0 Å². The largest absolute Gasteiger partial charge is 0.465 e. The molecule has 10 nitrogen and oxygen atoms in total. The van der Waals surface area contributed by atoms with Gasteiger partial charge >= 0.3 is 6.09 Å². The van der Waals surface area contributed by atoms with Crippen LogP contribution >= 0.6 is 0 Å². The summed E-state index contributed by atoms with van der Waals surface area (Å²) in [5.41, 5.74) is 2.26. The fraction of sp³-hybridized carbons (Fsp3) is 0.391. The first-order chi connectivity index (χ1) is 16.4.